The minimum absolute atomic E-state index is 0.0267. The highest BCUT2D eigenvalue weighted by molar-refractivity contribution is 9.14. The lowest BCUT2D eigenvalue weighted by Crippen LogP contribution is -2.36. The van der Waals surface area contributed by atoms with E-state index in [-0.39, 0.29) is 70.3 Å². The van der Waals surface area contributed by atoms with Crippen LogP contribution in [0.2, 0.25) is 0 Å². The number of unbranched alkanes of at least 4 members (excludes halogenated alkanes) is 1. The highest BCUT2D eigenvalue weighted by atomic mass is 79.9. The predicted molar refractivity (Wildman–Crippen MR) is 256 cm³/mol. The number of fused-ring (bicyclic) bond motifs is 1. The van der Waals surface area contributed by atoms with Crippen LogP contribution < -0.4 is 21.3 Å². The number of carbonyl (C=O) groups excluding carboxylic acids is 5. The molecule has 68 heavy (non-hydrogen) atoms. The van der Waals surface area contributed by atoms with Gasteiger partial charge in [-0.25, -0.2) is 4.79 Å². The van der Waals surface area contributed by atoms with Gasteiger partial charge in [0.1, 0.15) is 8.96 Å². The SMILES string of the molecule is O=C(CCCC[C@@H]1SC[C@@H]2NC(=O)N[C@@H]21)NCCOCCOCCOCCOCCNC(=O)CCOCCOCCOCCOCCOCCOCCOCCOCCN1C(=O)C(Br)=C(Br)C1=O. The van der Waals surface area contributed by atoms with Gasteiger partial charge in [0.25, 0.3) is 11.8 Å². The van der Waals surface area contributed by atoms with Crippen LogP contribution in [0.4, 0.5) is 4.79 Å². The number of carbonyl (C=O) groups is 5. The Labute approximate surface area is 420 Å². The fourth-order valence-electron chi connectivity index (χ4n) is 6.42. The number of nitrogens with one attached hydrogen (secondary N) is 4. The first kappa shape index (κ1) is 60.2. The van der Waals surface area contributed by atoms with Crippen molar-refractivity contribution in [2.75, 3.05) is 184 Å². The fraction of sp³-hybridized carbons (Fsp3) is 0.837. The third-order valence-electron chi connectivity index (χ3n) is 9.93. The zero-order valence-electron chi connectivity index (χ0n) is 39.1. The molecular weight excluding hydrogens is 1050 g/mol. The van der Waals surface area contributed by atoms with E-state index in [1.54, 1.807) is 0 Å². The number of ether oxygens (including phenoxy) is 12. The molecule has 3 rings (SSSR count). The summed E-state index contributed by atoms with van der Waals surface area (Å²) in [7, 11) is 0. The maximum absolute atomic E-state index is 12.1. The van der Waals surface area contributed by atoms with Crippen molar-refractivity contribution in [3.05, 3.63) is 8.96 Å². The summed E-state index contributed by atoms with van der Waals surface area (Å²) in [6.45, 7) is 10.8. The van der Waals surface area contributed by atoms with Gasteiger partial charge in [-0.15, -0.1) is 0 Å². The van der Waals surface area contributed by atoms with Crippen molar-refractivity contribution < 1.29 is 80.8 Å². The molecule has 0 radical (unpaired) electrons. The predicted octanol–water partition coefficient (Wildman–Crippen LogP) is 0.904. The van der Waals surface area contributed by atoms with Crippen LogP contribution in [0.15, 0.2) is 8.96 Å². The van der Waals surface area contributed by atoms with Gasteiger partial charge in [-0.3, -0.25) is 24.1 Å². The molecule has 0 spiro atoms. The van der Waals surface area contributed by atoms with Gasteiger partial charge in [0.05, 0.1) is 177 Å². The van der Waals surface area contributed by atoms with Crippen molar-refractivity contribution in [2.45, 2.75) is 49.4 Å². The highest BCUT2D eigenvalue weighted by Crippen LogP contribution is 2.33. The molecule has 3 atom stereocenters. The van der Waals surface area contributed by atoms with Crippen molar-refractivity contribution in [3.63, 3.8) is 0 Å². The van der Waals surface area contributed by atoms with E-state index in [9.17, 15) is 24.0 Å². The van der Waals surface area contributed by atoms with Gasteiger partial charge in [-0.1, -0.05) is 6.42 Å². The molecule has 6 amide bonds. The second-order valence-electron chi connectivity index (χ2n) is 15.1. The summed E-state index contributed by atoms with van der Waals surface area (Å²) in [5.74, 6) is 0.0946. The Balaban J connectivity index is 0.895. The average Bonchev–Trinajstić information content (AvgIpc) is 3.95. The first-order chi connectivity index (χ1) is 33.3. The molecule has 0 aromatic carbocycles. The number of halogens is 2. The van der Waals surface area contributed by atoms with E-state index in [1.165, 1.54) is 0 Å². The Morgan fingerprint density at radius 3 is 1.29 bits per heavy atom. The van der Waals surface area contributed by atoms with Gasteiger partial charge in [0, 0.05) is 36.9 Å². The van der Waals surface area contributed by atoms with Crippen molar-refractivity contribution in [2.24, 2.45) is 0 Å². The first-order valence-corrected chi connectivity index (χ1v) is 26.0. The molecule has 2 fully saturated rings. The molecule has 3 aliphatic heterocycles. The van der Waals surface area contributed by atoms with Gasteiger partial charge in [-0.05, 0) is 44.7 Å². The van der Waals surface area contributed by atoms with Crippen LogP contribution >= 0.6 is 43.6 Å². The number of urea groups is 1. The second-order valence-corrected chi connectivity index (χ2v) is 17.9. The Kier molecular flexibility index (Phi) is 35.9. The lowest BCUT2D eigenvalue weighted by Gasteiger charge is -2.16. The normalized spacial score (nSPS) is 17.9. The Bertz CT molecular complexity index is 1420. The number of hydrogen-bond donors (Lipinski definition) is 4. The van der Waals surface area contributed by atoms with Crippen LogP contribution in [0, 0.1) is 0 Å². The Morgan fingerprint density at radius 1 is 0.500 bits per heavy atom. The summed E-state index contributed by atoms with van der Waals surface area (Å²) in [5, 5.41) is 12.0. The average molecular weight is 1120 g/mol. The van der Waals surface area contributed by atoms with Crippen LogP contribution in [0.3, 0.4) is 0 Å². The van der Waals surface area contributed by atoms with E-state index in [2.05, 4.69) is 53.1 Å². The van der Waals surface area contributed by atoms with Crippen molar-refractivity contribution in [3.8, 4) is 0 Å². The monoisotopic (exact) mass is 1120 g/mol. The molecule has 3 aliphatic rings. The van der Waals surface area contributed by atoms with Crippen molar-refractivity contribution in [1.29, 1.82) is 0 Å². The highest BCUT2D eigenvalue weighted by Gasteiger charge is 2.42. The molecule has 0 aromatic heterocycles. The van der Waals surface area contributed by atoms with Crippen molar-refractivity contribution in [1.82, 2.24) is 26.2 Å². The van der Waals surface area contributed by atoms with E-state index in [4.69, 9.17) is 56.8 Å². The summed E-state index contributed by atoms with van der Waals surface area (Å²) in [6.07, 6.45) is 3.52. The van der Waals surface area contributed by atoms with E-state index in [1.807, 2.05) is 11.8 Å². The summed E-state index contributed by atoms with van der Waals surface area (Å²) in [4.78, 5) is 60.5. The number of imide groups is 1. The van der Waals surface area contributed by atoms with Gasteiger partial charge in [0.2, 0.25) is 11.8 Å². The van der Waals surface area contributed by atoms with E-state index in [0.29, 0.717) is 177 Å². The zero-order valence-corrected chi connectivity index (χ0v) is 43.1. The van der Waals surface area contributed by atoms with Gasteiger partial charge < -0.3 is 78.1 Å². The third-order valence-corrected chi connectivity index (χ3v) is 13.4. The molecule has 0 unspecified atom stereocenters. The fourth-order valence-corrected chi connectivity index (χ4v) is 8.73. The van der Waals surface area contributed by atoms with Crippen LogP contribution in [-0.2, 0) is 76.0 Å². The van der Waals surface area contributed by atoms with Gasteiger partial charge in [0.15, 0.2) is 0 Å². The lowest BCUT2D eigenvalue weighted by atomic mass is 10.0. The molecule has 0 saturated carbocycles. The molecule has 22 nitrogen and oxygen atoms in total. The summed E-state index contributed by atoms with van der Waals surface area (Å²) < 4.78 is 66.1. The minimum Gasteiger partial charge on any atom is -0.379 e. The third kappa shape index (κ3) is 28.7. The van der Waals surface area contributed by atoms with Crippen molar-refractivity contribution >= 4 is 73.3 Å². The van der Waals surface area contributed by atoms with E-state index >= 15 is 0 Å². The smallest absolute Gasteiger partial charge is 0.315 e. The maximum atomic E-state index is 12.1. The van der Waals surface area contributed by atoms with Gasteiger partial charge in [-0.2, -0.15) is 11.8 Å². The molecule has 25 heteroatoms. The molecule has 2 saturated heterocycles. The number of thioether (sulfide) groups is 1. The number of rotatable bonds is 47. The topological polar surface area (TPSA) is 247 Å². The summed E-state index contributed by atoms with van der Waals surface area (Å²) in [6, 6.07) is 0.371. The minimum atomic E-state index is -0.384. The van der Waals surface area contributed by atoms with Crippen LogP contribution in [0.25, 0.3) is 0 Å². The number of nitrogens with zero attached hydrogens (tertiary/aromatic N) is 1. The maximum Gasteiger partial charge on any atom is 0.315 e. The van der Waals surface area contributed by atoms with E-state index < -0.39 is 0 Å². The van der Waals surface area contributed by atoms with E-state index in [0.717, 1.165) is 29.9 Å². The Hall–Kier alpha value is -2.08. The van der Waals surface area contributed by atoms with Crippen LogP contribution in [0.5, 0.6) is 0 Å². The Morgan fingerprint density at radius 2 is 0.868 bits per heavy atom. The quantitative estimate of drug-likeness (QED) is 0.0376. The van der Waals surface area contributed by atoms with Crippen LogP contribution in [-0.4, -0.2) is 236 Å². The summed E-state index contributed by atoms with van der Waals surface area (Å²) in [5.41, 5.74) is 0. The first-order valence-electron chi connectivity index (χ1n) is 23.3. The largest absolute Gasteiger partial charge is 0.379 e. The number of hydrogen-bond acceptors (Lipinski definition) is 18. The molecule has 0 aromatic rings. The molecule has 3 heterocycles. The number of amides is 6. The van der Waals surface area contributed by atoms with Crippen LogP contribution in [0.1, 0.15) is 32.1 Å². The zero-order chi connectivity index (χ0) is 48.7. The summed E-state index contributed by atoms with van der Waals surface area (Å²) >= 11 is 8.06. The molecule has 0 bridgehead atoms. The standard InChI is InChI=1S/C43H73Br2N5O17S/c44-38-39(45)42(54)50(41(38)53)8-12-59-16-20-63-24-26-65-28-30-67-32-31-66-29-27-64-25-21-60-17-13-56-9-5-37(52)47-7-11-58-15-19-62-23-22-61-18-14-57-10-6-46-36(51)4-2-1-3-35-40-34(33-68-35)48-43(55)49-40/h34-35,40H,1-33H2,(H,46,51)(H,47,52)(H2,48,49,55)/t34-,35-,40-/m0/s1. The molecule has 4 N–H and O–H groups in total. The van der Waals surface area contributed by atoms with Gasteiger partial charge >= 0.3 is 6.03 Å². The second kappa shape index (κ2) is 40.5. The molecule has 0 aliphatic carbocycles. The molecule has 392 valence electrons. The molecular formula is C43H73Br2N5O17S. The lowest BCUT2D eigenvalue weighted by molar-refractivity contribution is -0.138.